The van der Waals surface area contributed by atoms with E-state index in [4.69, 9.17) is 39.2 Å². The van der Waals surface area contributed by atoms with Crippen LogP contribution >= 0.6 is 23.2 Å². The zero-order valence-electron chi connectivity index (χ0n) is 14.8. The number of nitriles is 1. The maximum atomic E-state index is 13.9. The number of nitrogens with two attached hydrogens (primary N) is 1. The van der Waals surface area contributed by atoms with Crippen molar-refractivity contribution in [2.75, 3.05) is 18.0 Å². The Bertz CT molecular complexity index is 1060. The summed E-state index contributed by atoms with van der Waals surface area (Å²) in [6.07, 6.45) is 0.847. The number of nitrogens with zero attached hydrogens (tertiary/aromatic N) is 5. The largest absolute Gasteiger partial charge is 0.340 e. The number of piperidine rings is 1. The van der Waals surface area contributed by atoms with Gasteiger partial charge in [0.05, 0.1) is 34.4 Å². The number of pyridine rings is 1. The number of anilines is 1. The molecule has 1 aliphatic rings. The Kier molecular flexibility index (Phi) is 5.11. The average Bonchev–Trinajstić information content (AvgIpc) is 3.03. The van der Waals surface area contributed by atoms with E-state index in [-0.39, 0.29) is 0 Å². The molecule has 4 rings (SSSR count). The highest BCUT2D eigenvalue weighted by Crippen LogP contribution is 2.33. The molecule has 0 radical (unpaired) electrons. The second-order valence-corrected chi connectivity index (χ2v) is 7.66. The van der Waals surface area contributed by atoms with E-state index in [0.29, 0.717) is 53.1 Å². The predicted molar refractivity (Wildman–Crippen MR) is 108 cm³/mol. The summed E-state index contributed by atoms with van der Waals surface area (Å²) in [6.45, 7) is 1.26. The van der Waals surface area contributed by atoms with E-state index in [1.165, 1.54) is 6.20 Å². The van der Waals surface area contributed by atoms with Crippen molar-refractivity contribution in [3.05, 3.63) is 51.8 Å². The molecule has 0 aliphatic carbocycles. The topological polar surface area (TPSA) is 83.8 Å². The molecule has 1 aromatic carbocycles. The van der Waals surface area contributed by atoms with Crippen molar-refractivity contribution in [3.63, 3.8) is 0 Å². The third-order valence-corrected chi connectivity index (χ3v) is 5.39. The maximum absolute atomic E-state index is 13.9. The van der Waals surface area contributed by atoms with Crippen molar-refractivity contribution < 1.29 is 4.39 Å². The Balaban J connectivity index is 1.80. The van der Waals surface area contributed by atoms with Gasteiger partial charge in [0.2, 0.25) is 5.95 Å². The van der Waals surface area contributed by atoms with Gasteiger partial charge in [0.15, 0.2) is 0 Å². The molecule has 2 N–H and O–H groups in total. The van der Waals surface area contributed by atoms with Gasteiger partial charge in [0.1, 0.15) is 17.8 Å². The lowest BCUT2D eigenvalue weighted by Crippen LogP contribution is -2.50. The number of fused-ring (bicyclic) bond motifs is 1. The van der Waals surface area contributed by atoms with Crippen molar-refractivity contribution in [3.8, 4) is 6.07 Å². The molecule has 3 aromatic rings. The number of hydrogen-bond acceptors (Lipinski definition) is 5. The number of aromatic nitrogens is 3. The van der Waals surface area contributed by atoms with Crippen LogP contribution in [-0.2, 0) is 6.54 Å². The molecular weight excluding hydrogens is 402 g/mol. The number of halogens is 3. The fourth-order valence-corrected chi connectivity index (χ4v) is 3.94. The van der Waals surface area contributed by atoms with Gasteiger partial charge < -0.3 is 15.2 Å². The van der Waals surface area contributed by atoms with E-state index in [9.17, 15) is 4.39 Å². The lowest BCUT2D eigenvalue weighted by molar-refractivity contribution is 0.243. The van der Waals surface area contributed by atoms with E-state index < -0.39 is 12.2 Å². The first kappa shape index (κ1) is 18.9. The molecule has 2 atom stereocenters. The lowest BCUT2D eigenvalue weighted by Gasteiger charge is -2.34. The highest BCUT2D eigenvalue weighted by Gasteiger charge is 2.29. The SMILES string of the molecule is N#Cc1ccc(Cn2c(N3CC[C@@H](F)[C@H](N)C3)nc3c(Cl)cc(Cl)cc32)nc1. The van der Waals surface area contributed by atoms with Crippen LogP contribution in [0.1, 0.15) is 17.7 Å². The van der Waals surface area contributed by atoms with Crippen LogP contribution < -0.4 is 10.6 Å². The molecule has 144 valence electrons. The lowest BCUT2D eigenvalue weighted by atomic mass is 10.1. The third-order valence-electron chi connectivity index (χ3n) is 4.88. The first-order chi connectivity index (χ1) is 13.5. The van der Waals surface area contributed by atoms with Crippen LogP contribution in [0, 0.1) is 11.3 Å². The molecule has 1 aliphatic heterocycles. The number of imidazole rings is 1. The van der Waals surface area contributed by atoms with Gasteiger partial charge in [-0.05, 0) is 30.7 Å². The summed E-state index contributed by atoms with van der Waals surface area (Å²) in [5.41, 5.74) is 8.56. The standard InChI is InChI=1S/C19H17Cl2FN6/c20-12-5-14(21)18-17(6-12)28(9-13-2-1-11(7-23)8-25-13)19(26-18)27-4-3-15(22)16(24)10-27/h1-2,5-6,8,15-16H,3-4,9-10,24H2/t15-,16-/m1/s1. The van der Waals surface area contributed by atoms with E-state index in [0.717, 1.165) is 11.2 Å². The summed E-state index contributed by atoms with van der Waals surface area (Å²) in [5, 5.41) is 9.91. The van der Waals surface area contributed by atoms with Crippen LogP contribution in [-0.4, -0.2) is 39.8 Å². The summed E-state index contributed by atoms with van der Waals surface area (Å²) < 4.78 is 15.8. The van der Waals surface area contributed by atoms with Crippen molar-refractivity contribution >= 4 is 40.2 Å². The monoisotopic (exact) mass is 418 g/mol. The second-order valence-electron chi connectivity index (χ2n) is 6.82. The fraction of sp³-hybridized carbons (Fsp3) is 0.316. The fourth-order valence-electron chi connectivity index (χ4n) is 3.42. The highest BCUT2D eigenvalue weighted by atomic mass is 35.5. The minimum absolute atomic E-state index is 0.341. The Hall–Kier alpha value is -2.40. The maximum Gasteiger partial charge on any atom is 0.207 e. The summed E-state index contributed by atoms with van der Waals surface area (Å²) in [4.78, 5) is 11.0. The molecule has 0 unspecified atom stereocenters. The number of rotatable bonds is 3. The molecule has 0 saturated carbocycles. The van der Waals surface area contributed by atoms with E-state index in [2.05, 4.69) is 11.1 Å². The Morgan fingerprint density at radius 1 is 1.32 bits per heavy atom. The molecule has 0 amide bonds. The van der Waals surface area contributed by atoms with Crippen LogP contribution in [0.4, 0.5) is 10.3 Å². The zero-order chi connectivity index (χ0) is 19.8. The van der Waals surface area contributed by atoms with E-state index in [1.807, 2.05) is 9.47 Å². The molecule has 0 bridgehead atoms. The van der Waals surface area contributed by atoms with Gasteiger partial charge in [-0.3, -0.25) is 4.98 Å². The van der Waals surface area contributed by atoms with Crippen LogP contribution in [0.25, 0.3) is 11.0 Å². The van der Waals surface area contributed by atoms with Gasteiger partial charge in [-0.25, -0.2) is 9.37 Å². The first-order valence-electron chi connectivity index (χ1n) is 8.81. The smallest absolute Gasteiger partial charge is 0.207 e. The summed E-state index contributed by atoms with van der Waals surface area (Å²) >= 11 is 12.6. The predicted octanol–water partition coefficient (Wildman–Crippen LogP) is 3.53. The first-order valence-corrected chi connectivity index (χ1v) is 9.57. The summed E-state index contributed by atoms with van der Waals surface area (Å²) in [5.74, 6) is 0.646. The third kappa shape index (κ3) is 3.51. The van der Waals surface area contributed by atoms with Gasteiger partial charge in [-0.1, -0.05) is 23.2 Å². The quantitative estimate of drug-likeness (QED) is 0.702. The minimum Gasteiger partial charge on any atom is -0.340 e. The molecular formula is C19H17Cl2FN6. The Morgan fingerprint density at radius 3 is 2.82 bits per heavy atom. The summed E-state index contributed by atoms with van der Waals surface area (Å²) in [6, 6.07) is 8.43. The minimum atomic E-state index is -1.02. The zero-order valence-corrected chi connectivity index (χ0v) is 16.3. The number of benzene rings is 1. The molecule has 1 saturated heterocycles. The normalized spacial score (nSPS) is 19.8. The summed E-state index contributed by atoms with van der Waals surface area (Å²) in [7, 11) is 0. The number of alkyl halides is 1. The van der Waals surface area contributed by atoms with Crippen molar-refractivity contribution in [1.82, 2.24) is 14.5 Å². The Morgan fingerprint density at radius 2 is 2.14 bits per heavy atom. The van der Waals surface area contributed by atoms with Gasteiger partial charge in [0.25, 0.3) is 0 Å². The molecule has 9 heteroatoms. The van der Waals surface area contributed by atoms with Gasteiger partial charge in [-0.2, -0.15) is 5.26 Å². The van der Waals surface area contributed by atoms with Crippen molar-refractivity contribution in [2.45, 2.75) is 25.2 Å². The highest BCUT2D eigenvalue weighted by molar-refractivity contribution is 6.38. The molecule has 1 fully saturated rings. The van der Waals surface area contributed by atoms with Crippen LogP contribution in [0.5, 0.6) is 0 Å². The van der Waals surface area contributed by atoms with E-state index >= 15 is 0 Å². The average molecular weight is 419 g/mol. The molecule has 6 nitrogen and oxygen atoms in total. The Labute approximate surface area is 171 Å². The van der Waals surface area contributed by atoms with Gasteiger partial charge in [0, 0.05) is 24.3 Å². The van der Waals surface area contributed by atoms with Gasteiger partial charge >= 0.3 is 0 Å². The molecule has 0 spiro atoms. The second kappa shape index (κ2) is 7.55. The van der Waals surface area contributed by atoms with Crippen LogP contribution in [0.2, 0.25) is 10.0 Å². The van der Waals surface area contributed by atoms with Crippen molar-refractivity contribution in [2.24, 2.45) is 5.73 Å². The molecule has 2 aromatic heterocycles. The van der Waals surface area contributed by atoms with Gasteiger partial charge in [-0.15, -0.1) is 0 Å². The van der Waals surface area contributed by atoms with Crippen LogP contribution in [0.3, 0.4) is 0 Å². The number of hydrogen-bond donors (Lipinski definition) is 1. The van der Waals surface area contributed by atoms with E-state index in [1.54, 1.807) is 24.3 Å². The van der Waals surface area contributed by atoms with Crippen molar-refractivity contribution in [1.29, 1.82) is 5.26 Å². The molecule has 28 heavy (non-hydrogen) atoms. The van der Waals surface area contributed by atoms with Crippen LogP contribution in [0.15, 0.2) is 30.5 Å². The molecule has 3 heterocycles.